The summed E-state index contributed by atoms with van der Waals surface area (Å²) in [6.07, 6.45) is 1.44. The van der Waals surface area contributed by atoms with Crippen LogP contribution in [-0.4, -0.2) is 19.2 Å². The van der Waals surface area contributed by atoms with E-state index in [-0.39, 0.29) is 19.0 Å². The third-order valence-electron chi connectivity index (χ3n) is 3.51. The molecule has 25 heavy (non-hydrogen) atoms. The second-order valence-electron chi connectivity index (χ2n) is 5.05. The van der Waals surface area contributed by atoms with Crippen LogP contribution in [0.4, 0.5) is 0 Å². The van der Waals surface area contributed by atoms with Crippen LogP contribution in [0.5, 0.6) is 17.2 Å². The maximum Gasteiger partial charge on any atom is 0.231 e. The Morgan fingerprint density at radius 1 is 1.16 bits per heavy atom. The highest BCUT2D eigenvalue weighted by Gasteiger charge is 2.19. The summed E-state index contributed by atoms with van der Waals surface area (Å²) < 4.78 is 15.8. The smallest absolute Gasteiger partial charge is 0.231 e. The lowest BCUT2D eigenvalue weighted by atomic mass is 10.0. The van der Waals surface area contributed by atoms with Gasteiger partial charge in [-0.3, -0.25) is 4.79 Å². The Hall–Kier alpha value is -3.77. The lowest BCUT2D eigenvalue weighted by Crippen LogP contribution is -2.02. The predicted molar refractivity (Wildman–Crippen MR) is 88.0 cm³/mol. The number of fused-ring (bicyclic) bond motifs is 1. The molecule has 0 saturated carbocycles. The summed E-state index contributed by atoms with van der Waals surface area (Å²) in [7, 11) is 0. The van der Waals surface area contributed by atoms with Gasteiger partial charge in [-0.1, -0.05) is 18.2 Å². The van der Waals surface area contributed by atoms with Crippen LogP contribution in [0.2, 0.25) is 0 Å². The van der Waals surface area contributed by atoms with Crippen LogP contribution in [0.1, 0.15) is 15.9 Å². The maximum atomic E-state index is 12.6. The van der Waals surface area contributed by atoms with Crippen LogP contribution in [0.25, 0.3) is 6.08 Å². The first-order valence-corrected chi connectivity index (χ1v) is 7.38. The summed E-state index contributed by atoms with van der Waals surface area (Å²) >= 11 is 0. The average Bonchev–Trinajstić information content (AvgIpc) is 3.12. The van der Waals surface area contributed by atoms with E-state index in [9.17, 15) is 10.1 Å². The van der Waals surface area contributed by atoms with Gasteiger partial charge in [0.1, 0.15) is 23.5 Å². The molecule has 0 bridgehead atoms. The SMILES string of the molecule is N#CCOc1ccccc1C=C(C#N)C(=O)c1ccc2c(c1)OCO2. The van der Waals surface area contributed by atoms with E-state index in [1.807, 2.05) is 12.1 Å². The third-order valence-corrected chi connectivity index (χ3v) is 3.51. The van der Waals surface area contributed by atoms with Gasteiger partial charge in [0.2, 0.25) is 12.6 Å². The molecule has 0 fully saturated rings. The van der Waals surface area contributed by atoms with Gasteiger partial charge in [0, 0.05) is 11.1 Å². The minimum atomic E-state index is -0.434. The molecule has 0 N–H and O–H groups in total. The first kappa shape index (κ1) is 16.1. The number of para-hydroxylation sites is 1. The summed E-state index contributed by atoms with van der Waals surface area (Å²) in [5, 5.41) is 18.0. The first-order valence-electron chi connectivity index (χ1n) is 7.38. The Labute approximate surface area is 144 Å². The van der Waals surface area contributed by atoms with Gasteiger partial charge in [-0.05, 0) is 30.3 Å². The van der Waals surface area contributed by atoms with Crippen molar-refractivity contribution < 1.29 is 19.0 Å². The zero-order chi connectivity index (χ0) is 17.6. The van der Waals surface area contributed by atoms with Gasteiger partial charge in [-0.2, -0.15) is 10.5 Å². The third kappa shape index (κ3) is 3.44. The molecule has 6 heteroatoms. The molecule has 0 spiro atoms. The van der Waals surface area contributed by atoms with Crippen molar-refractivity contribution in [3.05, 3.63) is 59.2 Å². The highest BCUT2D eigenvalue weighted by molar-refractivity contribution is 6.14. The van der Waals surface area contributed by atoms with E-state index in [2.05, 4.69) is 0 Å². The van der Waals surface area contributed by atoms with Gasteiger partial charge in [0.05, 0.1) is 0 Å². The van der Waals surface area contributed by atoms with Crippen LogP contribution in [-0.2, 0) is 0 Å². The highest BCUT2D eigenvalue weighted by atomic mass is 16.7. The van der Waals surface area contributed by atoms with Crippen LogP contribution < -0.4 is 14.2 Å². The summed E-state index contributed by atoms with van der Waals surface area (Å²) in [4.78, 5) is 12.6. The van der Waals surface area contributed by atoms with Gasteiger partial charge in [0.15, 0.2) is 18.1 Å². The van der Waals surface area contributed by atoms with Gasteiger partial charge < -0.3 is 14.2 Å². The zero-order valence-corrected chi connectivity index (χ0v) is 13.1. The molecule has 0 saturated heterocycles. The topological polar surface area (TPSA) is 92.3 Å². The molecule has 0 aliphatic carbocycles. The summed E-state index contributed by atoms with van der Waals surface area (Å²) in [6, 6.07) is 15.4. The minimum Gasteiger partial charge on any atom is -0.478 e. The number of ketones is 1. The Bertz CT molecular complexity index is 935. The number of Topliss-reactive ketones (excluding diaryl/α,β-unsaturated/α-hetero) is 1. The van der Waals surface area contributed by atoms with Crippen molar-refractivity contribution >= 4 is 11.9 Å². The number of nitriles is 2. The van der Waals surface area contributed by atoms with Gasteiger partial charge >= 0.3 is 0 Å². The first-order chi connectivity index (χ1) is 12.2. The molecule has 0 unspecified atom stereocenters. The Kier molecular flexibility index (Phi) is 4.64. The number of ether oxygens (including phenoxy) is 3. The van der Waals surface area contributed by atoms with Crippen LogP contribution in [0.15, 0.2) is 48.0 Å². The van der Waals surface area contributed by atoms with Crippen molar-refractivity contribution in [1.29, 1.82) is 10.5 Å². The molecule has 0 atom stereocenters. The molecule has 2 aromatic carbocycles. The molecular weight excluding hydrogens is 320 g/mol. The monoisotopic (exact) mass is 332 g/mol. The molecule has 6 nitrogen and oxygen atoms in total. The quantitative estimate of drug-likeness (QED) is 0.474. The molecular formula is C19H12N2O4. The molecule has 1 aliphatic heterocycles. The zero-order valence-electron chi connectivity index (χ0n) is 13.1. The fourth-order valence-electron chi connectivity index (χ4n) is 2.34. The molecule has 0 aromatic heterocycles. The molecule has 0 amide bonds. The summed E-state index contributed by atoms with van der Waals surface area (Å²) in [6.45, 7) is -0.0135. The van der Waals surface area contributed by atoms with Crippen molar-refractivity contribution in [3.63, 3.8) is 0 Å². The number of hydrogen-bond donors (Lipinski definition) is 0. The van der Waals surface area contributed by atoms with E-state index in [1.54, 1.807) is 42.5 Å². The fourth-order valence-corrected chi connectivity index (χ4v) is 2.34. The highest BCUT2D eigenvalue weighted by Crippen LogP contribution is 2.33. The second-order valence-corrected chi connectivity index (χ2v) is 5.05. The average molecular weight is 332 g/mol. The second kappa shape index (κ2) is 7.20. The van der Waals surface area contributed by atoms with E-state index in [1.165, 1.54) is 6.08 Å². The van der Waals surface area contributed by atoms with Crippen molar-refractivity contribution in [2.45, 2.75) is 0 Å². The molecule has 2 aromatic rings. The van der Waals surface area contributed by atoms with Crippen LogP contribution in [0, 0.1) is 22.7 Å². The van der Waals surface area contributed by atoms with E-state index < -0.39 is 5.78 Å². The maximum absolute atomic E-state index is 12.6. The number of benzene rings is 2. The van der Waals surface area contributed by atoms with E-state index >= 15 is 0 Å². The van der Waals surface area contributed by atoms with Crippen molar-refractivity contribution in [2.24, 2.45) is 0 Å². The van der Waals surface area contributed by atoms with Gasteiger partial charge in [-0.15, -0.1) is 0 Å². The van der Waals surface area contributed by atoms with Crippen LogP contribution in [0.3, 0.4) is 0 Å². The number of rotatable bonds is 5. The standard InChI is InChI=1S/C19H12N2O4/c20-7-8-23-16-4-2-1-3-13(16)9-15(11-21)19(22)14-5-6-17-18(10-14)25-12-24-17/h1-6,9-10H,8,12H2. The van der Waals surface area contributed by atoms with Gasteiger partial charge in [0.25, 0.3) is 0 Å². The normalized spacial score (nSPS) is 12.2. The lowest BCUT2D eigenvalue weighted by molar-refractivity contribution is 0.103. The predicted octanol–water partition coefficient (Wildman–Crippen LogP) is 3.11. The number of hydrogen-bond acceptors (Lipinski definition) is 6. The minimum absolute atomic E-state index is 0.0492. The Morgan fingerprint density at radius 3 is 2.76 bits per heavy atom. The van der Waals surface area contributed by atoms with Gasteiger partial charge in [-0.25, -0.2) is 0 Å². The van der Waals surface area contributed by atoms with E-state index in [0.29, 0.717) is 28.4 Å². The Balaban J connectivity index is 1.92. The Morgan fingerprint density at radius 2 is 1.96 bits per heavy atom. The summed E-state index contributed by atoms with van der Waals surface area (Å²) in [5.74, 6) is 1.03. The molecule has 122 valence electrons. The molecule has 3 rings (SSSR count). The molecule has 0 radical (unpaired) electrons. The number of carbonyl (C=O) groups excluding carboxylic acids is 1. The van der Waals surface area contributed by atoms with Crippen molar-refractivity contribution in [2.75, 3.05) is 13.4 Å². The molecule has 1 aliphatic rings. The fraction of sp³-hybridized carbons (Fsp3) is 0.105. The van der Waals surface area contributed by atoms with E-state index in [0.717, 1.165) is 0 Å². The van der Waals surface area contributed by atoms with Crippen LogP contribution >= 0.6 is 0 Å². The molecule has 1 heterocycles. The summed E-state index contributed by atoms with van der Waals surface area (Å²) in [5.41, 5.74) is 0.822. The largest absolute Gasteiger partial charge is 0.478 e. The number of nitrogens with zero attached hydrogens (tertiary/aromatic N) is 2. The number of allylic oxidation sites excluding steroid dienone is 1. The van der Waals surface area contributed by atoms with Crippen molar-refractivity contribution in [3.8, 4) is 29.4 Å². The lowest BCUT2D eigenvalue weighted by Gasteiger charge is -2.06. The van der Waals surface area contributed by atoms with E-state index in [4.69, 9.17) is 19.5 Å². The van der Waals surface area contributed by atoms with Crippen molar-refractivity contribution in [1.82, 2.24) is 0 Å². The number of carbonyl (C=O) groups is 1.